The predicted octanol–water partition coefficient (Wildman–Crippen LogP) is 1.15. The zero-order chi connectivity index (χ0) is 14.6. The molecule has 1 fully saturated rings. The lowest BCUT2D eigenvalue weighted by Gasteiger charge is -2.31. The van der Waals surface area contributed by atoms with Gasteiger partial charge in [-0.05, 0) is 31.1 Å². The minimum absolute atomic E-state index is 0.000972. The van der Waals surface area contributed by atoms with Crippen molar-refractivity contribution in [2.45, 2.75) is 51.3 Å². The predicted molar refractivity (Wildman–Crippen MR) is 74.2 cm³/mol. The number of hydrogen-bond donors (Lipinski definition) is 2. The molecule has 4 unspecified atom stereocenters. The van der Waals surface area contributed by atoms with Crippen LogP contribution in [0.2, 0.25) is 0 Å². The summed E-state index contributed by atoms with van der Waals surface area (Å²) < 4.78 is 12.3. The molecule has 0 aromatic carbocycles. The van der Waals surface area contributed by atoms with Crippen LogP contribution < -0.4 is 5.32 Å². The summed E-state index contributed by atoms with van der Waals surface area (Å²) in [4.78, 5) is 22.0. The third-order valence-electron chi connectivity index (χ3n) is 3.51. The lowest BCUT2D eigenvalue weighted by Crippen LogP contribution is -2.45. The molecule has 0 spiro atoms. The van der Waals surface area contributed by atoms with E-state index in [2.05, 4.69) is 19.2 Å². The van der Waals surface area contributed by atoms with Gasteiger partial charge in [-0.3, -0.25) is 9.00 Å². The van der Waals surface area contributed by atoms with Crippen molar-refractivity contribution >= 4 is 22.7 Å². The molecule has 1 rings (SSSR count). The molecule has 1 aliphatic carbocycles. The molecule has 0 radical (unpaired) electrons. The number of aliphatic carboxylic acids is 1. The fraction of sp³-hybridized carbons (Fsp3) is 0.846. The highest BCUT2D eigenvalue weighted by atomic mass is 32.2. The molecule has 5 nitrogen and oxygen atoms in total. The highest BCUT2D eigenvalue weighted by Crippen LogP contribution is 2.31. The Hall–Kier alpha value is -0.910. The molecule has 0 bridgehead atoms. The van der Waals surface area contributed by atoms with Crippen molar-refractivity contribution in [1.82, 2.24) is 5.32 Å². The molecule has 1 saturated carbocycles. The Labute approximate surface area is 116 Å². The van der Waals surface area contributed by atoms with Crippen LogP contribution in [0, 0.1) is 11.8 Å². The number of rotatable bonds is 5. The Balaban J connectivity index is 2.61. The number of carbonyl (C=O) groups is 2. The average Bonchev–Trinajstić information content (AvgIpc) is 2.25. The summed E-state index contributed by atoms with van der Waals surface area (Å²) in [7, 11) is -1.21. The summed E-state index contributed by atoms with van der Waals surface area (Å²) in [6.07, 6.45) is 2.90. The van der Waals surface area contributed by atoms with E-state index in [0.717, 1.165) is 19.3 Å². The lowest BCUT2D eigenvalue weighted by molar-refractivity contribution is -0.140. The number of nitrogens with one attached hydrogen (secondary N) is 1. The largest absolute Gasteiger partial charge is 0.480 e. The van der Waals surface area contributed by atoms with Crippen LogP contribution in [-0.4, -0.2) is 38.2 Å². The second-order valence-electron chi connectivity index (χ2n) is 5.68. The van der Waals surface area contributed by atoms with E-state index in [0.29, 0.717) is 11.8 Å². The van der Waals surface area contributed by atoms with Crippen LogP contribution in [0.4, 0.5) is 0 Å². The first-order chi connectivity index (χ1) is 8.79. The Kier molecular flexibility index (Phi) is 5.97. The van der Waals surface area contributed by atoms with Gasteiger partial charge in [0.15, 0.2) is 0 Å². The van der Waals surface area contributed by atoms with Gasteiger partial charge >= 0.3 is 5.97 Å². The molecule has 0 aliphatic heterocycles. The Morgan fingerprint density at radius 2 is 1.79 bits per heavy atom. The minimum Gasteiger partial charge on any atom is -0.480 e. The van der Waals surface area contributed by atoms with Crippen molar-refractivity contribution in [3.8, 4) is 0 Å². The van der Waals surface area contributed by atoms with E-state index in [-0.39, 0.29) is 11.0 Å². The Morgan fingerprint density at radius 3 is 2.21 bits per heavy atom. The van der Waals surface area contributed by atoms with E-state index >= 15 is 0 Å². The maximum absolute atomic E-state index is 12.3. The molecular formula is C13H23NO4S. The monoisotopic (exact) mass is 289 g/mol. The van der Waals surface area contributed by atoms with Crippen LogP contribution in [0.1, 0.15) is 40.0 Å². The SMILES string of the molecule is CC(=O)NC(CS(=O)C1CC(C)CC(C)C1)C(=O)O. The summed E-state index contributed by atoms with van der Waals surface area (Å²) in [5.74, 6) is -0.474. The summed E-state index contributed by atoms with van der Waals surface area (Å²) >= 11 is 0. The smallest absolute Gasteiger partial charge is 0.327 e. The molecule has 0 heterocycles. The van der Waals surface area contributed by atoms with Crippen LogP contribution in [0.15, 0.2) is 0 Å². The molecule has 0 aromatic heterocycles. The summed E-state index contributed by atoms with van der Waals surface area (Å²) in [6, 6.07) is -1.05. The van der Waals surface area contributed by atoms with Gasteiger partial charge in [-0.1, -0.05) is 13.8 Å². The lowest BCUT2D eigenvalue weighted by atomic mass is 9.83. The van der Waals surface area contributed by atoms with Crippen LogP contribution in [-0.2, 0) is 20.4 Å². The van der Waals surface area contributed by atoms with E-state index in [9.17, 15) is 13.8 Å². The van der Waals surface area contributed by atoms with Gasteiger partial charge in [0.05, 0.1) is 5.75 Å². The van der Waals surface area contributed by atoms with Crippen molar-refractivity contribution in [2.24, 2.45) is 11.8 Å². The first kappa shape index (κ1) is 16.1. The van der Waals surface area contributed by atoms with E-state index in [1.165, 1.54) is 6.92 Å². The second kappa shape index (κ2) is 7.03. The van der Waals surface area contributed by atoms with Gasteiger partial charge in [-0.25, -0.2) is 4.79 Å². The zero-order valence-electron chi connectivity index (χ0n) is 11.7. The first-order valence-electron chi connectivity index (χ1n) is 6.66. The molecule has 0 saturated heterocycles. The molecule has 4 atom stereocenters. The van der Waals surface area contributed by atoms with Gasteiger partial charge in [0.25, 0.3) is 0 Å². The molecule has 0 aromatic rings. The molecule has 2 N–H and O–H groups in total. The summed E-state index contributed by atoms with van der Waals surface area (Å²) in [5, 5.41) is 11.4. The molecule has 1 amide bonds. The average molecular weight is 289 g/mol. The maximum Gasteiger partial charge on any atom is 0.327 e. The van der Waals surface area contributed by atoms with E-state index in [1.807, 2.05) is 0 Å². The maximum atomic E-state index is 12.3. The fourth-order valence-electron chi connectivity index (χ4n) is 2.81. The number of hydrogen-bond acceptors (Lipinski definition) is 3. The quantitative estimate of drug-likeness (QED) is 0.795. The second-order valence-corrected chi connectivity index (χ2v) is 7.44. The van der Waals surface area contributed by atoms with Crippen molar-refractivity contribution < 1.29 is 18.9 Å². The molecular weight excluding hydrogens is 266 g/mol. The van der Waals surface area contributed by atoms with Crippen molar-refractivity contribution in [3.05, 3.63) is 0 Å². The normalized spacial score (nSPS) is 30.4. The van der Waals surface area contributed by atoms with Gasteiger partial charge < -0.3 is 10.4 Å². The van der Waals surface area contributed by atoms with Crippen molar-refractivity contribution in [3.63, 3.8) is 0 Å². The third kappa shape index (κ3) is 5.30. The fourth-order valence-corrected chi connectivity index (χ4v) is 4.72. The van der Waals surface area contributed by atoms with Gasteiger partial charge in [0.2, 0.25) is 5.91 Å². The van der Waals surface area contributed by atoms with Crippen LogP contribution >= 0.6 is 0 Å². The minimum atomic E-state index is -1.21. The third-order valence-corrected chi connectivity index (χ3v) is 5.30. The van der Waals surface area contributed by atoms with Crippen molar-refractivity contribution in [1.29, 1.82) is 0 Å². The van der Waals surface area contributed by atoms with Crippen LogP contribution in [0.25, 0.3) is 0 Å². The van der Waals surface area contributed by atoms with E-state index < -0.39 is 28.7 Å². The van der Waals surface area contributed by atoms with Gasteiger partial charge in [0, 0.05) is 23.0 Å². The van der Waals surface area contributed by atoms with Crippen LogP contribution in [0.3, 0.4) is 0 Å². The summed E-state index contributed by atoms with van der Waals surface area (Å²) in [5.41, 5.74) is 0. The highest BCUT2D eigenvalue weighted by Gasteiger charge is 2.31. The van der Waals surface area contributed by atoms with Crippen LogP contribution in [0.5, 0.6) is 0 Å². The first-order valence-corrected chi connectivity index (χ1v) is 8.04. The molecule has 110 valence electrons. The summed E-state index contributed by atoms with van der Waals surface area (Å²) in [6.45, 7) is 5.55. The topological polar surface area (TPSA) is 83.5 Å². The highest BCUT2D eigenvalue weighted by molar-refractivity contribution is 7.85. The molecule has 6 heteroatoms. The zero-order valence-corrected chi connectivity index (χ0v) is 12.5. The van der Waals surface area contributed by atoms with Gasteiger partial charge in [-0.15, -0.1) is 0 Å². The number of carboxylic acids is 1. The Bertz CT molecular complexity index is 362. The standard InChI is InChI=1S/C13H23NO4S/c1-8-4-9(2)6-11(5-8)19(18)7-12(13(16)17)14-10(3)15/h8-9,11-12H,4-7H2,1-3H3,(H,14,15)(H,16,17). The van der Waals surface area contributed by atoms with E-state index in [1.54, 1.807) is 0 Å². The van der Waals surface area contributed by atoms with Gasteiger partial charge in [-0.2, -0.15) is 0 Å². The van der Waals surface area contributed by atoms with Crippen molar-refractivity contribution in [2.75, 3.05) is 5.75 Å². The number of carboxylic acid groups (broad SMARTS) is 1. The van der Waals surface area contributed by atoms with Gasteiger partial charge in [0.1, 0.15) is 6.04 Å². The molecule has 19 heavy (non-hydrogen) atoms. The van der Waals surface area contributed by atoms with E-state index in [4.69, 9.17) is 5.11 Å². The Morgan fingerprint density at radius 1 is 1.26 bits per heavy atom. The molecule has 1 aliphatic rings. The number of carbonyl (C=O) groups excluding carboxylic acids is 1. The number of amides is 1.